The van der Waals surface area contributed by atoms with E-state index in [0.29, 0.717) is 0 Å². The Morgan fingerprint density at radius 2 is 2.06 bits per heavy atom. The number of carbonyl (C=O) groups excluding carboxylic acids is 1. The third kappa shape index (κ3) is 4.28. The minimum Gasteiger partial charge on any atom is -0.375 e. The molecule has 85 valence electrons. The maximum Gasteiger partial charge on any atom is 0.248 e. The fourth-order valence-corrected chi connectivity index (χ4v) is 1.16. The summed E-state index contributed by atoms with van der Waals surface area (Å²) in [6, 6.07) is 9.91. The number of hydrogen-bond donors (Lipinski definition) is 0. The van der Waals surface area contributed by atoms with Gasteiger partial charge in [-0.2, -0.15) is 0 Å². The molecule has 0 aliphatic heterocycles. The van der Waals surface area contributed by atoms with Crippen molar-refractivity contribution in [2.75, 3.05) is 20.8 Å². The van der Waals surface area contributed by atoms with Crippen LogP contribution in [-0.2, 0) is 9.53 Å². The van der Waals surface area contributed by atoms with Crippen LogP contribution in [0.2, 0.25) is 0 Å². The van der Waals surface area contributed by atoms with Crippen LogP contribution in [0.25, 0.3) is 6.08 Å². The second-order valence-electron chi connectivity index (χ2n) is 3.36. The van der Waals surface area contributed by atoms with Crippen molar-refractivity contribution < 1.29 is 9.53 Å². The molecule has 0 atom stereocenters. The van der Waals surface area contributed by atoms with Crippen LogP contribution in [0.15, 0.2) is 36.4 Å². The van der Waals surface area contributed by atoms with Crippen LogP contribution in [0.5, 0.6) is 0 Å². The molecular formula is C13H16NO2. The largest absolute Gasteiger partial charge is 0.375 e. The van der Waals surface area contributed by atoms with Crippen molar-refractivity contribution in [1.29, 1.82) is 0 Å². The van der Waals surface area contributed by atoms with Crippen molar-refractivity contribution >= 4 is 12.0 Å². The Morgan fingerprint density at radius 1 is 1.38 bits per heavy atom. The highest BCUT2D eigenvalue weighted by molar-refractivity contribution is 5.78. The van der Waals surface area contributed by atoms with E-state index in [0.717, 1.165) is 5.56 Å². The van der Waals surface area contributed by atoms with Gasteiger partial charge in [0.15, 0.2) is 0 Å². The molecule has 0 aromatic heterocycles. The van der Waals surface area contributed by atoms with Crippen LogP contribution in [0.3, 0.4) is 0 Å². The lowest BCUT2D eigenvalue weighted by Crippen LogP contribution is -2.26. The smallest absolute Gasteiger partial charge is 0.248 e. The van der Waals surface area contributed by atoms with Gasteiger partial charge >= 0.3 is 0 Å². The van der Waals surface area contributed by atoms with E-state index in [2.05, 4.69) is 0 Å². The first-order chi connectivity index (χ1) is 7.74. The first-order valence-corrected chi connectivity index (χ1v) is 5.05. The summed E-state index contributed by atoms with van der Waals surface area (Å²) in [5, 5.41) is 0. The lowest BCUT2D eigenvalue weighted by molar-refractivity contribution is -0.132. The zero-order valence-electron chi connectivity index (χ0n) is 9.59. The van der Waals surface area contributed by atoms with Gasteiger partial charge in [0.1, 0.15) is 6.61 Å². The minimum absolute atomic E-state index is 0.0692. The van der Waals surface area contributed by atoms with Gasteiger partial charge in [0.25, 0.3) is 0 Å². The standard InChI is InChI=1S/C13H16NO2/c1-14(13(15)11-16-2)10-6-9-12-7-4-3-5-8-12/h3-10H,11H2,1-2H3/b9-6+. The maximum absolute atomic E-state index is 11.3. The molecule has 16 heavy (non-hydrogen) atoms. The molecule has 0 heterocycles. The lowest BCUT2D eigenvalue weighted by atomic mass is 10.2. The Bertz CT molecular complexity index is 346. The Labute approximate surface area is 96.3 Å². The summed E-state index contributed by atoms with van der Waals surface area (Å²) < 4.78 is 4.75. The Balaban J connectivity index is 2.40. The average Bonchev–Trinajstić information content (AvgIpc) is 2.30. The van der Waals surface area contributed by atoms with Crippen LogP contribution in [0, 0.1) is 6.54 Å². The molecule has 0 saturated carbocycles. The van der Waals surface area contributed by atoms with E-state index in [9.17, 15) is 4.79 Å². The zero-order valence-corrected chi connectivity index (χ0v) is 9.59. The van der Waals surface area contributed by atoms with Gasteiger partial charge in [-0.15, -0.1) is 0 Å². The fraction of sp³-hybridized carbons (Fsp3) is 0.231. The molecule has 0 N–H and O–H groups in total. The predicted molar refractivity (Wildman–Crippen MR) is 64.4 cm³/mol. The third-order valence-electron chi connectivity index (χ3n) is 2.06. The van der Waals surface area contributed by atoms with E-state index in [1.54, 1.807) is 13.6 Å². The summed E-state index contributed by atoms with van der Waals surface area (Å²) in [6.07, 6.45) is 3.78. The first kappa shape index (κ1) is 12.5. The summed E-state index contributed by atoms with van der Waals surface area (Å²) in [5.41, 5.74) is 1.10. The van der Waals surface area contributed by atoms with Gasteiger partial charge in [-0.3, -0.25) is 4.79 Å². The molecule has 0 unspecified atom stereocenters. The topological polar surface area (TPSA) is 29.5 Å². The zero-order chi connectivity index (χ0) is 11.8. The molecule has 0 aliphatic carbocycles. The Kier molecular flexibility index (Phi) is 5.29. The van der Waals surface area contributed by atoms with Crippen LogP contribution < -0.4 is 0 Å². The summed E-state index contributed by atoms with van der Waals surface area (Å²) in [5.74, 6) is -0.0692. The van der Waals surface area contributed by atoms with Gasteiger partial charge < -0.3 is 9.64 Å². The molecular weight excluding hydrogens is 202 g/mol. The average molecular weight is 218 g/mol. The van der Waals surface area contributed by atoms with Crippen molar-refractivity contribution in [1.82, 2.24) is 4.90 Å². The van der Waals surface area contributed by atoms with Gasteiger partial charge in [-0.1, -0.05) is 42.5 Å². The molecule has 0 aliphatic rings. The number of nitrogens with zero attached hydrogens (tertiary/aromatic N) is 1. The molecule has 1 aromatic rings. The van der Waals surface area contributed by atoms with Crippen molar-refractivity contribution in [3.05, 3.63) is 48.5 Å². The van der Waals surface area contributed by atoms with Crippen LogP contribution in [-0.4, -0.2) is 31.6 Å². The second kappa shape index (κ2) is 6.80. The Morgan fingerprint density at radius 3 is 2.69 bits per heavy atom. The van der Waals surface area contributed by atoms with Gasteiger partial charge in [-0.05, 0) is 5.56 Å². The first-order valence-electron chi connectivity index (χ1n) is 5.05. The highest BCUT2D eigenvalue weighted by Gasteiger charge is 2.05. The molecule has 3 heteroatoms. The van der Waals surface area contributed by atoms with E-state index >= 15 is 0 Å². The molecule has 1 amide bonds. The molecule has 3 nitrogen and oxygen atoms in total. The summed E-state index contributed by atoms with van der Waals surface area (Å²) in [4.78, 5) is 12.8. The van der Waals surface area contributed by atoms with E-state index in [4.69, 9.17) is 4.74 Å². The summed E-state index contributed by atoms with van der Waals surface area (Å²) in [6.45, 7) is 1.82. The molecule has 1 aromatic carbocycles. The van der Waals surface area contributed by atoms with E-state index < -0.39 is 0 Å². The number of likely N-dealkylation sites (N-methyl/N-ethyl adjacent to an activating group) is 1. The molecule has 0 fully saturated rings. The highest BCUT2D eigenvalue weighted by Crippen LogP contribution is 2.02. The monoisotopic (exact) mass is 218 g/mol. The second-order valence-corrected chi connectivity index (χ2v) is 3.36. The van der Waals surface area contributed by atoms with E-state index in [1.807, 2.05) is 42.5 Å². The van der Waals surface area contributed by atoms with E-state index in [-0.39, 0.29) is 12.5 Å². The van der Waals surface area contributed by atoms with Gasteiger partial charge in [0.05, 0.1) is 6.54 Å². The number of rotatable bonds is 5. The number of methoxy groups -OCH3 is 1. The highest BCUT2D eigenvalue weighted by atomic mass is 16.5. The van der Waals surface area contributed by atoms with E-state index in [1.165, 1.54) is 12.0 Å². The van der Waals surface area contributed by atoms with Crippen molar-refractivity contribution in [2.24, 2.45) is 0 Å². The SMILES string of the molecule is COCC(=O)N(C)[CH]/C=C/c1ccccc1. The molecule has 0 saturated heterocycles. The van der Waals surface area contributed by atoms with Crippen molar-refractivity contribution in [3.63, 3.8) is 0 Å². The maximum atomic E-state index is 11.3. The fourth-order valence-electron chi connectivity index (χ4n) is 1.16. The van der Waals surface area contributed by atoms with Crippen LogP contribution >= 0.6 is 0 Å². The van der Waals surface area contributed by atoms with Crippen molar-refractivity contribution in [2.45, 2.75) is 0 Å². The minimum atomic E-state index is -0.0692. The lowest BCUT2D eigenvalue weighted by Gasteiger charge is -2.13. The quantitative estimate of drug-likeness (QED) is 0.756. The Hall–Kier alpha value is -1.61. The molecule has 1 radical (unpaired) electrons. The number of carbonyl (C=O) groups is 1. The van der Waals surface area contributed by atoms with Gasteiger partial charge in [0.2, 0.25) is 5.91 Å². The van der Waals surface area contributed by atoms with Crippen LogP contribution in [0.4, 0.5) is 0 Å². The van der Waals surface area contributed by atoms with Gasteiger partial charge in [0, 0.05) is 14.2 Å². The van der Waals surface area contributed by atoms with Gasteiger partial charge in [-0.25, -0.2) is 0 Å². The van der Waals surface area contributed by atoms with Crippen LogP contribution in [0.1, 0.15) is 5.56 Å². The number of amides is 1. The number of hydrogen-bond acceptors (Lipinski definition) is 2. The molecule has 0 bridgehead atoms. The predicted octanol–water partition coefficient (Wildman–Crippen LogP) is 1.97. The number of benzene rings is 1. The summed E-state index contributed by atoms with van der Waals surface area (Å²) >= 11 is 0. The van der Waals surface area contributed by atoms with Crippen molar-refractivity contribution in [3.8, 4) is 0 Å². The normalized spacial score (nSPS) is 10.6. The summed E-state index contributed by atoms with van der Waals surface area (Å²) in [7, 11) is 3.21. The molecule has 1 rings (SSSR count). The molecule has 0 spiro atoms. The number of ether oxygens (including phenoxy) is 1. The third-order valence-corrected chi connectivity index (χ3v) is 2.06.